The van der Waals surface area contributed by atoms with Gasteiger partial charge in [0.05, 0.1) is 6.54 Å². The normalized spacial score (nSPS) is 24.4. The van der Waals surface area contributed by atoms with Crippen molar-refractivity contribution in [2.24, 2.45) is 0 Å². The maximum atomic E-state index is 12.4. The lowest BCUT2D eigenvalue weighted by Gasteiger charge is -2.42. The molecule has 9 heteroatoms. The van der Waals surface area contributed by atoms with Gasteiger partial charge in [-0.3, -0.25) is 9.59 Å². The van der Waals surface area contributed by atoms with Crippen LogP contribution in [0, 0.1) is 0 Å². The van der Waals surface area contributed by atoms with E-state index < -0.39 is 16.1 Å². The average molecular weight is 315 g/mol. The number of fused-ring (bicyclic) bond motifs is 1. The minimum atomic E-state index is -3.58. The second-order valence-electron chi connectivity index (χ2n) is 4.62. The lowest BCUT2D eigenvalue weighted by atomic mass is 10.1. The van der Waals surface area contributed by atoms with Crippen LogP contribution in [0.2, 0.25) is 0 Å². The average Bonchev–Trinajstić information content (AvgIpc) is 2.97. The Morgan fingerprint density at radius 3 is 2.80 bits per heavy atom. The van der Waals surface area contributed by atoms with Crippen LogP contribution in [0.1, 0.15) is 0 Å². The van der Waals surface area contributed by atoms with Gasteiger partial charge < -0.3 is 10.2 Å². The van der Waals surface area contributed by atoms with Crippen molar-refractivity contribution in [1.82, 2.24) is 14.5 Å². The first-order valence-corrected chi connectivity index (χ1v) is 8.43. The summed E-state index contributed by atoms with van der Waals surface area (Å²) in [5.74, 6) is -0.460. The van der Waals surface area contributed by atoms with Crippen molar-refractivity contribution < 1.29 is 18.0 Å². The molecular weight excluding hydrogens is 302 g/mol. The number of nitrogens with zero attached hydrogens (tertiary/aromatic N) is 2. The summed E-state index contributed by atoms with van der Waals surface area (Å²) in [7, 11) is -3.58. The van der Waals surface area contributed by atoms with Gasteiger partial charge in [-0.1, -0.05) is 6.07 Å². The zero-order chi connectivity index (χ0) is 14.3. The summed E-state index contributed by atoms with van der Waals surface area (Å²) in [4.78, 5) is 25.0. The van der Waals surface area contributed by atoms with Crippen LogP contribution in [0.5, 0.6) is 0 Å². The van der Waals surface area contributed by atoms with E-state index in [0.29, 0.717) is 0 Å². The molecule has 2 saturated heterocycles. The van der Waals surface area contributed by atoms with Crippen LogP contribution in [0.3, 0.4) is 0 Å². The van der Waals surface area contributed by atoms with Gasteiger partial charge >= 0.3 is 0 Å². The topological polar surface area (TPSA) is 86.8 Å². The molecule has 2 aliphatic rings. The summed E-state index contributed by atoms with van der Waals surface area (Å²) in [6.07, 6.45) is 0. The molecule has 3 heterocycles. The second kappa shape index (κ2) is 4.83. The molecule has 0 saturated carbocycles. The number of rotatable bonds is 2. The first-order valence-electron chi connectivity index (χ1n) is 6.11. The molecule has 0 bridgehead atoms. The predicted molar refractivity (Wildman–Crippen MR) is 71.6 cm³/mol. The Morgan fingerprint density at radius 2 is 2.10 bits per heavy atom. The molecule has 1 aromatic rings. The van der Waals surface area contributed by atoms with Gasteiger partial charge in [0.2, 0.25) is 11.8 Å². The minimum absolute atomic E-state index is 0.00694. The quantitative estimate of drug-likeness (QED) is 0.765. The van der Waals surface area contributed by atoms with Gasteiger partial charge in [-0.05, 0) is 11.4 Å². The smallest absolute Gasteiger partial charge is 0.252 e. The molecule has 7 nitrogen and oxygen atoms in total. The lowest BCUT2D eigenvalue weighted by molar-refractivity contribution is -0.147. The summed E-state index contributed by atoms with van der Waals surface area (Å²) in [6, 6.07) is 2.49. The molecule has 3 rings (SSSR count). The number of hydrogen-bond acceptors (Lipinski definition) is 5. The van der Waals surface area contributed by atoms with E-state index in [2.05, 4.69) is 5.32 Å². The summed E-state index contributed by atoms with van der Waals surface area (Å²) >= 11 is 1.14. The number of sulfonamides is 1. The van der Waals surface area contributed by atoms with Crippen molar-refractivity contribution in [3.05, 3.63) is 17.5 Å². The Balaban J connectivity index is 1.85. The largest absolute Gasteiger partial charge is 0.345 e. The maximum Gasteiger partial charge on any atom is 0.252 e. The van der Waals surface area contributed by atoms with Crippen molar-refractivity contribution in [3.8, 4) is 0 Å². The van der Waals surface area contributed by atoms with Crippen molar-refractivity contribution in [2.45, 2.75) is 10.3 Å². The number of hydrogen-bond donors (Lipinski definition) is 1. The van der Waals surface area contributed by atoms with E-state index in [1.54, 1.807) is 17.5 Å². The third kappa shape index (κ3) is 2.11. The van der Waals surface area contributed by atoms with E-state index in [1.165, 1.54) is 9.21 Å². The van der Waals surface area contributed by atoms with Crippen LogP contribution >= 0.6 is 11.3 Å². The third-order valence-corrected chi connectivity index (χ3v) is 6.71. The summed E-state index contributed by atoms with van der Waals surface area (Å²) < 4.78 is 26.4. The van der Waals surface area contributed by atoms with E-state index in [-0.39, 0.29) is 42.2 Å². The molecular formula is C11H13N3O4S2. The van der Waals surface area contributed by atoms with E-state index >= 15 is 0 Å². The number of nitrogens with one attached hydrogen (secondary N) is 1. The zero-order valence-corrected chi connectivity index (χ0v) is 12.1. The van der Waals surface area contributed by atoms with E-state index in [4.69, 9.17) is 0 Å². The highest BCUT2D eigenvalue weighted by Crippen LogP contribution is 2.24. The first-order chi connectivity index (χ1) is 9.50. The zero-order valence-electron chi connectivity index (χ0n) is 10.5. The van der Waals surface area contributed by atoms with Crippen LogP contribution in [-0.2, 0) is 19.6 Å². The monoisotopic (exact) mass is 315 g/mol. The number of piperazine rings is 2. The standard InChI is InChI=1S/C11H13N3O4S2/c15-9-6-12-11(16)8-7-13(3-4-14(8)9)20(17,18)10-2-1-5-19-10/h1-2,5,8H,3-4,6-7H2,(H,12,16). The molecule has 2 amide bonds. The fourth-order valence-corrected chi connectivity index (χ4v) is 5.00. The predicted octanol–water partition coefficient (Wildman–Crippen LogP) is -0.921. The molecule has 1 aromatic heterocycles. The van der Waals surface area contributed by atoms with Gasteiger partial charge in [-0.15, -0.1) is 11.3 Å². The molecule has 0 radical (unpaired) electrons. The fourth-order valence-electron chi connectivity index (χ4n) is 2.42. The van der Waals surface area contributed by atoms with Gasteiger partial charge in [0.1, 0.15) is 10.3 Å². The third-order valence-electron chi connectivity index (χ3n) is 3.47. The number of carbonyl (C=O) groups is 2. The van der Waals surface area contributed by atoms with Crippen molar-refractivity contribution in [1.29, 1.82) is 0 Å². The number of carbonyl (C=O) groups excluding carboxylic acids is 2. The summed E-state index contributed by atoms with van der Waals surface area (Å²) in [5, 5.41) is 4.18. The fraction of sp³-hybridized carbons (Fsp3) is 0.455. The molecule has 2 fully saturated rings. The molecule has 108 valence electrons. The van der Waals surface area contributed by atoms with Crippen LogP contribution < -0.4 is 5.32 Å². The van der Waals surface area contributed by atoms with Crippen LogP contribution in [0.25, 0.3) is 0 Å². The molecule has 0 aromatic carbocycles. The van der Waals surface area contributed by atoms with Crippen LogP contribution in [0.15, 0.2) is 21.7 Å². The molecule has 20 heavy (non-hydrogen) atoms. The first kappa shape index (κ1) is 13.5. The second-order valence-corrected chi connectivity index (χ2v) is 7.73. The molecule has 1 unspecified atom stereocenters. The van der Waals surface area contributed by atoms with Crippen LogP contribution in [0.4, 0.5) is 0 Å². The van der Waals surface area contributed by atoms with Gasteiger partial charge in [-0.25, -0.2) is 8.42 Å². The van der Waals surface area contributed by atoms with Crippen molar-refractivity contribution in [2.75, 3.05) is 26.2 Å². The minimum Gasteiger partial charge on any atom is -0.345 e. The highest BCUT2D eigenvalue weighted by Gasteiger charge is 2.42. The van der Waals surface area contributed by atoms with Crippen LogP contribution in [-0.4, -0.2) is 61.7 Å². The molecule has 0 spiro atoms. The summed E-state index contributed by atoms with van der Waals surface area (Å²) in [6.45, 7) is 0.474. The van der Waals surface area contributed by atoms with E-state index in [0.717, 1.165) is 11.3 Å². The Kier molecular flexibility index (Phi) is 3.27. The molecule has 2 aliphatic heterocycles. The Labute approximate surface area is 120 Å². The Bertz CT molecular complexity index is 641. The van der Waals surface area contributed by atoms with Gasteiger partial charge in [0.15, 0.2) is 0 Å². The molecule has 0 aliphatic carbocycles. The highest BCUT2D eigenvalue weighted by molar-refractivity contribution is 7.91. The Morgan fingerprint density at radius 1 is 1.30 bits per heavy atom. The van der Waals surface area contributed by atoms with E-state index in [1.807, 2.05) is 0 Å². The van der Waals surface area contributed by atoms with Gasteiger partial charge in [-0.2, -0.15) is 4.31 Å². The molecule has 1 N–H and O–H groups in total. The van der Waals surface area contributed by atoms with E-state index in [9.17, 15) is 18.0 Å². The maximum absolute atomic E-state index is 12.4. The SMILES string of the molecule is O=C1NCC(=O)N2CCN(S(=O)(=O)c3cccs3)CC12. The van der Waals surface area contributed by atoms with Crippen molar-refractivity contribution in [3.63, 3.8) is 0 Å². The van der Waals surface area contributed by atoms with Crippen molar-refractivity contribution >= 4 is 33.2 Å². The highest BCUT2D eigenvalue weighted by atomic mass is 32.2. The molecule has 1 atom stereocenters. The van der Waals surface area contributed by atoms with Gasteiger partial charge in [0.25, 0.3) is 10.0 Å². The summed E-state index contributed by atoms with van der Waals surface area (Å²) in [5.41, 5.74) is 0. The number of thiophene rings is 1. The van der Waals surface area contributed by atoms with Gasteiger partial charge in [0, 0.05) is 19.6 Å². The lowest BCUT2D eigenvalue weighted by Crippen LogP contribution is -2.66. The number of amides is 2. The Hall–Kier alpha value is -1.45.